The van der Waals surface area contributed by atoms with Crippen LogP contribution in [0.4, 0.5) is 0 Å². The Bertz CT molecular complexity index is 820. The predicted octanol–water partition coefficient (Wildman–Crippen LogP) is 2.11. The van der Waals surface area contributed by atoms with E-state index in [0.29, 0.717) is 24.5 Å². The molecule has 1 aliphatic rings. The lowest BCUT2D eigenvalue weighted by molar-refractivity contribution is 0.260. The zero-order valence-electron chi connectivity index (χ0n) is 15.1. The SMILES string of the molecule is Cc1noc(C)c1S(=O)(=O)N1CCCC(Cc2nncn2C(C)C)C1. The molecule has 8 nitrogen and oxygen atoms in total. The molecule has 1 fully saturated rings. The van der Waals surface area contributed by atoms with Crippen LogP contribution in [0.5, 0.6) is 0 Å². The molecule has 25 heavy (non-hydrogen) atoms. The van der Waals surface area contributed by atoms with Gasteiger partial charge in [0.25, 0.3) is 0 Å². The minimum atomic E-state index is -3.58. The van der Waals surface area contributed by atoms with Crippen LogP contribution in [0, 0.1) is 19.8 Å². The van der Waals surface area contributed by atoms with Crippen LogP contribution in [0.25, 0.3) is 0 Å². The molecule has 0 radical (unpaired) electrons. The lowest BCUT2D eigenvalue weighted by Gasteiger charge is -2.31. The lowest BCUT2D eigenvalue weighted by atomic mass is 9.96. The Labute approximate surface area is 148 Å². The van der Waals surface area contributed by atoms with E-state index in [1.165, 1.54) is 0 Å². The van der Waals surface area contributed by atoms with Crippen molar-refractivity contribution in [1.82, 2.24) is 24.2 Å². The van der Waals surface area contributed by atoms with Gasteiger partial charge in [0.2, 0.25) is 10.0 Å². The van der Waals surface area contributed by atoms with Gasteiger partial charge < -0.3 is 9.09 Å². The monoisotopic (exact) mass is 367 g/mol. The molecule has 0 saturated carbocycles. The van der Waals surface area contributed by atoms with Gasteiger partial charge in [0, 0.05) is 25.6 Å². The van der Waals surface area contributed by atoms with E-state index in [9.17, 15) is 8.42 Å². The van der Waals surface area contributed by atoms with Crippen molar-refractivity contribution < 1.29 is 12.9 Å². The van der Waals surface area contributed by atoms with Crippen LogP contribution in [0.1, 0.15) is 50.0 Å². The molecule has 3 heterocycles. The fourth-order valence-electron chi connectivity index (χ4n) is 3.49. The number of aromatic nitrogens is 4. The van der Waals surface area contributed by atoms with E-state index in [4.69, 9.17) is 4.52 Å². The second kappa shape index (κ2) is 6.87. The minimum absolute atomic E-state index is 0.207. The summed E-state index contributed by atoms with van der Waals surface area (Å²) in [6, 6.07) is 0.288. The van der Waals surface area contributed by atoms with Gasteiger partial charge >= 0.3 is 0 Å². The van der Waals surface area contributed by atoms with Gasteiger partial charge in [-0.25, -0.2) is 8.42 Å². The topological polar surface area (TPSA) is 94.1 Å². The molecule has 0 aliphatic carbocycles. The summed E-state index contributed by atoms with van der Waals surface area (Å²) < 4.78 is 34.7. The molecule has 9 heteroatoms. The average molecular weight is 367 g/mol. The standard InChI is InChI=1S/C16H25N5O3S/c1-11(2)21-10-17-18-15(21)8-14-6-5-7-20(9-14)25(22,23)16-12(3)19-24-13(16)4/h10-11,14H,5-9H2,1-4H3. The van der Waals surface area contributed by atoms with Crippen LogP contribution in [0.3, 0.4) is 0 Å². The smallest absolute Gasteiger partial charge is 0.248 e. The third-order valence-corrected chi connectivity index (χ3v) is 6.83. The molecule has 1 unspecified atom stereocenters. The largest absolute Gasteiger partial charge is 0.360 e. The zero-order chi connectivity index (χ0) is 18.2. The normalized spacial score (nSPS) is 19.6. The highest BCUT2D eigenvalue weighted by molar-refractivity contribution is 7.89. The van der Waals surface area contributed by atoms with E-state index < -0.39 is 10.0 Å². The third kappa shape index (κ3) is 3.48. The van der Waals surface area contributed by atoms with Gasteiger partial charge in [-0.05, 0) is 46.5 Å². The van der Waals surface area contributed by atoms with Gasteiger partial charge in [0.15, 0.2) is 5.76 Å². The summed E-state index contributed by atoms with van der Waals surface area (Å²) in [6.45, 7) is 8.48. The second-order valence-electron chi connectivity index (χ2n) is 6.98. The fraction of sp³-hybridized carbons (Fsp3) is 0.688. The molecule has 2 aromatic heterocycles. The Morgan fingerprint density at radius 3 is 2.76 bits per heavy atom. The Hall–Kier alpha value is -1.74. The molecule has 1 atom stereocenters. The molecule has 1 saturated heterocycles. The Morgan fingerprint density at radius 2 is 2.12 bits per heavy atom. The predicted molar refractivity (Wildman–Crippen MR) is 91.6 cm³/mol. The van der Waals surface area contributed by atoms with Gasteiger partial charge in [0.1, 0.15) is 22.7 Å². The Balaban J connectivity index is 1.78. The van der Waals surface area contributed by atoms with Crippen molar-refractivity contribution in [2.24, 2.45) is 5.92 Å². The van der Waals surface area contributed by atoms with Crippen molar-refractivity contribution in [3.8, 4) is 0 Å². The molecule has 0 bridgehead atoms. The zero-order valence-corrected chi connectivity index (χ0v) is 16.0. The summed E-state index contributed by atoms with van der Waals surface area (Å²) in [5.41, 5.74) is 0.416. The molecule has 138 valence electrons. The lowest BCUT2D eigenvalue weighted by Crippen LogP contribution is -2.41. The number of piperidine rings is 1. The van der Waals surface area contributed by atoms with E-state index in [-0.39, 0.29) is 16.9 Å². The van der Waals surface area contributed by atoms with Crippen molar-refractivity contribution >= 4 is 10.0 Å². The minimum Gasteiger partial charge on any atom is -0.360 e. The van der Waals surface area contributed by atoms with E-state index in [0.717, 1.165) is 25.1 Å². The Morgan fingerprint density at radius 1 is 1.36 bits per heavy atom. The van der Waals surface area contributed by atoms with Crippen molar-refractivity contribution in [3.05, 3.63) is 23.6 Å². The summed E-state index contributed by atoms with van der Waals surface area (Å²) in [4.78, 5) is 0.207. The van der Waals surface area contributed by atoms with Crippen molar-refractivity contribution in [2.45, 2.75) is 57.9 Å². The van der Waals surface area contributed by atoms with Gasteiger partial charge in [0.05, 0.1) is 0 Å². The summed E-state index contributed by atoms with van der Waals surface area (Å²) in [7, 11) is -3.58. The van der Waals surface area contributed by atoms with E-state index in [1.54, 1.807) is 24.5 Å². The van der Waals surface area contributed by atoms with Gasteiger partial charge in [-0.1, -0.05) is 5.16 Å². The van der Waals surface area contributed by atoms with E-state index in [1.807, 2.05) is 4.57 Å². The van der Waals surface area contributed by atoms with E-state index >= 15 is 0 Å². The molecule has 0 amide bonds. The summed E-state index contributed by atoms with van der Waals surface area (Å²) in [6.07, 6.45) is 4.29. The summed E-state index contributed by atoms with van der Waals surface area (Å²) in [5, 5.41) is 12.0. The van der Waals surface area contributed by atoms with Crippen LogP contribution < -0.4 is 0 Å². The fourth-order valence-corrected chi connectivity index (χ4v) is 5.33. The number of nitrogens with zero attached hydrogens (tertiary/aromatic N) is 5. The van der Waals surface area contributed by atoms with Crippen molar-refractivity contribution in [1.29, 1.82) is 0 Å². The number of hydrogen-bond acceptors (Lipinski definition) is 6. The van der Waals surface area contributed by atoms with Gasteiger partial charge in [-0.3, -0.25) is 0 Å². The van der Waals surface area contributed by atoms with Crippen LogP contribution in [-0.2, 0) is 16.4 Å². The molecule has 0 spiro atoms. The average Bonchev–Trinajstić information content (AvgIpc) is 3.14. The molecule has 0 N–H and O–H groups in total. The molecular formula is C16H25N5O3S. The molecule has 1 aliphatic heterocycles. The summed E-state index contributed by atoms with van der Waals surface area (Å²) >= 11 is 0. The first-order chi connectivity index (χ1) is 11.8. The number of aryl methyl sites for hydroxylation is 2. The van der Waals surface area contributed by atoms with Gasteiger partial charge in [-0.2, -0.15) is 4.31 Å². The maximum Gasteiger partial charge on any atom is 0.248 e. The quantitative estimate of drug-likeness (QED) is 0.803. The highest BCUT2D eigenvalue weighted by Crippen LogP contribution is 2.29. The van der Waals surface area contributed by atoms with Crippen LogP contribution >= 0.6 is 0 Å². The van der Waals surface area contributed by atoms with Crippen LogP contribution in [-0.4, -0.2) is 45.7 Å². The first-order valence-electron chi connectivity index (χ1n) is 8.62. The highest BCUT2D eigenvalue weighted by atomic mass is 32.2. The van der Waals surface area contributed by atoms with E-state index in [2.05, 4.69) is 29.2 Å². The van der Waals surface area contributed by atoms with Crippen molar-refractivity contribution in [2.75, 3.05) is 13.1 Å². The first-order valence-corrected chi connectivity index (χ1v) is 10.1. The second-order valence-corrected chi connectivity index (χ2v) is 8.85. The molecule has 3 rings (SSSR count). The van der Waals surface area contributed by atoms with Crippen molar-refractivity contribution in [3.63, 3.8) is 0 Å². The highest BCUT2D eigenvalue weighted by Gasteiger charge is 2.34. The number of rotatable bonds is 5. The maximum atomic E-state index is 13.0. The molecular weight excluding hydrogens is 342 g/mol. The molecule has 2 aromatic rings. The number of hydrogen-bond donors (Lipinski definition) is 0. The van der Waals surface area contributed by atoms with Gasteiger partial charge in [-0.15, -0.1) is 10.2 Å². The molecule has 0 aromatic carbocycles. The Kier molecular flexibility index (Phi) is 4.97. The van der Waals surface area contributed by atoms with Crippen LogP contribution in [0.2, 0.25) is 0 Å². The third-order valence-electron chi connectivity index (χ3n) is 4.72. The number of sulfonamides is 1. The first kappa shape index (κ1) is 18.1. The maximum absolute atomic E-state index is 13.0. The summed E-state index contributed by atoms with van der Waals surface area (Å²) in [5.74, 6) is 1.49. The van der Waals surface area contributed by atoms with Crippen LogP contribution in [0.15, 0.2) is 15.7 Å².